The lowest BCUT2D eigenvalue weighted by molar-refractivity contribution is -0.141. The zero-order chi connectivity index (χ0) is 26.5. The van der Waals surface area contributed by atoms with Crippen LogP contribution in [0, 0.1) is 12.8 Å². The van der Waals surface area contributed by atoms with E-state index in [1.165, 1.54) is 11.5 Å². The fourth-order valence-corrected chi connectivity index (χ4v) is 3.66. The molecule has 2 aromatic carbocycles. The van der Waals surface area contributed by atoms with E-state index >= 15 is 0 Å². The topological polar surface area (TPSA) is 132 Å². The summed E-state index contributed by atoms with van der Waals surface area (Å²) in [5.41, 5.74) is 0.558. The lowest BCUT2D eigenvalue weighted by Gasteiger charge is -2.13. The fraction of sp³-hybridized carbons (Fsp3) is 0.192. The first kappa shape index (κ1) is 25.6. The number of aryl methyl sites for hydroxylation is 1. The molecular weight excluding hydrogens is 498 g/mol. The van der Waals surface area contributed by atoms with E-state index in [0.717, 1.165) is 15.7 Å². The number of halogens is 1. The number of hydrogen-bond acceptors (Lipinski definition) is 6. The van der Waals surface area contributed by atoms with Gasteiger partial charge in [0.2, 0.25) is 11.5 Å². The van der Waals surface area contributed by atoms with Crippen molar-refractivity contribution in [3.05, 3.63) is 110 Å². The number of hydrogen-bond donors (Lipinski definition) is 2. The number of pyridine rings is 1. The third kappa shape index (κ3) is 6.22. The van der Waals surface area contributed by atoms with E-state index in [-0.39, 0.29) is 18.7 Å². The minimum absolute atomic E-state index is 0.0157. The van der Waals surface area contributed by atoms with Crippen molar-refractivity contribution in [1.29, 1.82) is 0 Å². The van der Waals surface area contributed by atoms with E-state index in [2.05, 4.69) is 15.0 Å². The molecule has 0 unspecified atom stereocenters. The number of aromatic amines is 1. The molecule has 10 nitrogen and oxygen atoms in total. The normalized spacial score (nSPS) is 12.4. The molecule has 0 bridgehead atoms. The van der Waals surface area contributed by atoms with E-state index in [9.17, 15) is 19.5 Å². The molecule has 0 saturated carbocycles. The Morgan fingerprint density at radius 2 is 1.89 bits per heavy atom. The van der Waals surface area contributed by atoms with Gasteiger partial charge in [0.15, 0.2) is 0 Å². The summed E-state index contributed by atoms with van der Waals surface area (Å²) in [5.74, 6) is -1.04. The second-order valence-corrected chi connectivity index (χ2v) is 8.87. The molecule has 0 aliphatic rings. The molecular formula is C26H24ClN5O5. The number of carboxylic acids is 1. The summed E-state index contributed by atoms with van der Waals surface area (Å²) >= 11 is 5.99. The van der Waals surface area contributed by atoms with Gasteiger partial charge in [0.1, 0.15) is 5.75 Å². The number of aromatic nitrogens is 4. The number of nitrogens with zero attached hydrogens (tertiary/aromatic N) is 4. The molecule has 2 aromatic heterocycles. The molecule has 0 fully saturated rings. The van der Waals surface area contributed by atoms with Gasteiger partial charge in [-0.05, 0) is 54.4 Å². The largest absolute Gasteiger partial charge is 0.481 e. The average molecular weight is 522 g/mol. The van der Waals surface area contributed by atoms with Gasteiger partial charge in [-0.15, -0.1) is 0 Å². The van der Waals surface area contributed by atoms with Gasteiger partial charge in [0, 0.05) is 23.8 Å². The number of nitrogens with one attached hydrogen (secondary N) is 1. The first-order chi connectivity index (χ1) is 17.7. The van der Waals surface area contributed by atoms with Gasteiger partial charge in [0.05, 0.1) is 18.2 Å². The van der Waals surface area contributed by atoms with Crippen molar-refractivity contribution >= 4 is 23.3 Å². The molecule has 2 heterocycles. The van der Waals surface area contributed by atoms with Crippen LogP contribution in [0.25, 0.3) is 0 Å². The molecule has 0 spiro atoms. The minimum atomic E-state index is -1.12. The first-order valence-electron chi connectivity index (χ1n) is 11.4. The summed E-state index contributed by atoms with van der Waals surface area (Å²) in [5, 5.41) is 9.81. The Morgan fingerprint density at radius 3 is 2.54 bits per heavy atom. The molecule has 11 heteroatoms. The van der Waals surface area contributed by atoms with Crippen molar-refractivity contribution in [1.82, 2.24) is 19.1 Å². The zero-order valence-electron chi connectivity index (χ0n) is 20.1. The molecule has 0 aliphatic heterocycles. The maximum atomic E-state index is 13.4. The Bertz CT molecular complexity index is 1610. The smallest absolute Gasteiger partial charge is 0.335 e. The fourth-order valence-electron chi connectivity index (χ4n) is 3.53. The first-order valence-corrected chi connectivity index (χ1v) is 11.7. The number of rotatable bonds is 8. The average Bonchev–Trinajstić information content (AvgIpc) is 2.87. The zero-order valence-corrected chi connectivity index (χ0v) is 20.8. The molecule has 190 valence electrons. The van der Waals surface area contributed by atoms with E-state index in [1.807, 2.05) is 13.0 Å². The maximum absolute atomic E-state index is 13.4. The molecule has 37 heavy (non-hydrogen) atoms. The van der Waals surface area contributed by atoms with Crippen LogP contribution in [0.3, 0.4) is 0 Å². The highest BCUT2D eigenvalue weighted by molar-refractivity contribution is 6.30. The molecule has 0 saturated heterocycles. The lowest BCUT2D eigenvalue weighted by Crippen LogP contribution is -2.51. The Labute approximate surface area is 216 Å². The van der Waals surface area contributed by atoms with Crippen molar-refractivity contribution in [2.24, 2.45) is 10.9 Å². The van der Waals surface area contributed by atoms with E-state index < -0.39 is 23.3 Å². The second-order valence-electron chi connectivity index (χ2n) is 8.43. The van der Waals surface area contributed by atoms with Gasteiger partial charge in [-0.2, -0.15) is 0 Å². The number of benzene rings is 2. The van der Waals surface area contributed by atoms with Crippen LogP contribution in [0.5, 0.6) is 11.6 Å². The van der Waals surface area contributed by atoms with E-state index in [1.54, 1.807) is 60.8 Å². The summed E-state index contributed by atoms with van der Waals surface area (Å²) < 4.78 is 7.96. The SMILES string of the molecule is Cc1cc(/N=c2\[nH]c(=O)n(C[C@H](C)C(=O)O)c(=O)n2Cc2ccc(Cl)cc2)ccc1Oc1ccccn1. The van der Waals surface area contributed by atoms with Gasteiger partial charge in [0.25, 0.3) is 0 Å². The number of carboxylic acid groups (broad SMARTS) is 1. The van der Waals surface area contributed by atoms with Gasteiger partial charge in [-0.3, -0.25) is 14.3 Å². The minimum Gasteiger partial charge on any atom is -0.481 e. The predicted molar refractivity (Wildman–Crippen MR) is 137 cm³/mol. The molecule has 0 aliphatic carbocycles. The van der Waals surface area contributed by atoms with Crippen molar-refractivity contribution < 1.29 is 14.6 Å². The summed E-state index contributed by atoms with van der Waals surface area (Å²) in [6.45, 7) is 3.05. The van der Waals surface area contributed by atoms with Crippen LogP contribution in [0.15, 0.2) is 81.4 Å². The monoisotopic (exact) mass is 521 g/mol. The number of carbonyl (C=O) groups is 1. The Morgan fingerprint density at radius 1 is 1.14 bits per heavy atom. The highest BCUT2D eigenvalue weighted by Crippen LogP contribution is 2.27. The van der Waals surface area contributed by atoms with Crippen LogP contribution in [0.2, 0.25) is 5.02 Å². The number of aliphatic carboxylic acids is 1. The molecule has 4 rings (SSSR count). The number of H-pyrrole nitrogens is 1. The highest BCUT2D eigenvalue weighted by Gasteiger charge is 2.17. The Kier molecular flexibility index (Phi) is 7.69. The third-order valence-corrected chi connectivity index (χ3v) is 5.81. The van der Waals surface area contributed by atoms with Crippen LogP contribution < -0.4 is 21.7 Å². The summed E-state index contributed by atoms with van der Waals surface area (Å²) in [7, 11) is 0. The van der Waals surface area contributed by atoms with Crippen LogP contribution in [-0.2, 0) is 17.9 Å². The van der Waals surface area contributed by atoms with Crippen molar-refractivity contribution in [2.75, 3.05) is 0 Å². The van der Waals surface area contributed by atoms with Crippen LogP contribution >= 0.6 is 11.6 Å². The van der Waals surface area contributed by atoms with E-state index in [0.29, 0.717) is 22.3 Å². The Balaban J connectivity index is 1.79. The maximum Gasteiger partial charge on any atom is 0.335 e. The van der Waals surface area contributed by atoms with Crippen LogP contribution in [-0.4, -0.2) is 30.2 Å². The van der Waals surface area contributed by atoms with Crippen molar-refractivity contribution in [3.8, 4) is 11.6 Å². The highest BCUT2D eigenvalue weighted by atomic mass is 35.5. The van der Waals surface area contributed by atoms with E-state index in [4.69, 9.17) is 16.3 Å². The molecule has 4 aromatic rings. The van der Waals surface area contributed by atoms with Gasteiger partial charge in [-0.1, -0.05) is 36.7 Å². The van der Waals surface area contributed by atoms with Gasteiger partial charge >= 0.3 is 17.3 Å². The predicted octanol–water partition coefficient (Wildman–Crippen LogP) is 3.49. The molecule has 2 N–H and O–H groups in total. The lowest BCUT2D eigenvalue weighted by atomic mass is 10.2. The molecule has 0 radical (unpaired) electrons. The van der Waals surface area contributed by atoms with Gasteiger partial charge in [-0.25, -0.2) is 24.1 Å². The van der Waals surface area contributed by atoms with Crippen molar-refractivity contribution in [2.45, 2.75) is 26.9 Å². The van der Waals surface area contributed by atoms with Gasteiger partial charge < -0.3 is 9.84 Å². The summed E-state index contributed by atoms with van der Waals surface area (Å²) in [6.07, 6.45) is 1.63. The standard InChI is InChI=1S/C26H24ClN5O5/c1-16-13-20(10-11-21(16)37-22-5-3-4-12-28-22)29-24-30-25(35)32(14-17(2)23(33)34)26(36)31(24)15-18-6-8-19(27)9-7-18/h3-13,17H,14-15H2,1-2H3,(H,33,34)(H,29,30,35)/t17-/m0/s1. The third-order valence-electron chi connectivity index (χ3n) is 5.56. The Hall–Kier alpha value is -4.44. The van der Waals surface area contributed by atoms with Crippen LogP contribution in [0.4, 0.5) is 5.69 Å². The quantitative estimate of drug-likeness (QED) is 0.365. The second kappa shape index (κ2) is 11.1. The van der Waals surface area contributed by atoms with Crippen molar-refractivity contribution in [3.63, 3.8) is 0 Å². The molecule has 0 amide bonds. The number of ether oxygens (including phenoxy) is 1. The van der Waals surface area contributed by atoms with Crippen LogP contribution in [0.1, 0.15) is 18.1 Å². The summed E-state index contributed by atoms with van der Waals surface area (Å²) in [4.78, 5) is 48.8. The molecule has 1 atom stereocenters. The summed E-state index contributed by atoms with van der Waals surface area (Å²) in [6, 6.07) is 17.4.